The molecule has 2 aromatic rings. The van der Waals surface area contributed by atoms with E-state index in [1.54, 1.807) is 6.26 Å². The molecule has 7 heteroatoms. The maximum Gasteiger partial charge on any atom is 0.309 e. The van der Waals surface area contributed by atoms with Crippen molar-refractivity contribution < 1.29 is 14.0 Å². The van der Waals surface area contributed by atoms with Gasteiger partial charge in [0.15, 0.2) is 0 Å². The van der Waals surface area contributed by atoms with Gasteiger partial charge in [-0.05, 0) is 24.3 Å². The highest BCUT2D eigenvalue weighted by Crippen LogP contribution is 2.24. The number of carbonyl (C=O) groups is 2. The number of anilines is 1. The number of carbonyl (C=O) groups excluding carboxylic acids is 2. The summed E-state index contributed by atoms with van der Waals surface area (Å²) >= 11 is 0. The number of rotatable bonds is 5. The van der Waals surface area contributed by atoms with Gasteiger partial charge >= 0.3 is 11.8 Å². The molecule has 0 radical (unpaired) electrons. The molecule has 138 valence electrons. The van der Waals surface area contributed by atoms with Crippen LogP contribution < -0.4 is 15.5 Å². The van der Waals surface area contributed by atoms with E-state index in [1.165, 1.54) is 12.7 Å². The molecule has 0 aliphatic carbocycles. The van der Waals surface area contributed by atoms with Crippen LogP contribution >= 0.6 is 0 Å². The largest absolute Gasteiger partial charge is 0.468 e. The third kappa shape index (κ3) is 4.23. The second-order valence-corrected chi connectivity index (χ2v) is 6.18. The van der Waals surface area contributed by atoms with E-state index >= 15 is 0 Å². The number of benzene rings is 1. The summed E-state index contributed by atoms with van der Waals surface area (Å²) in [6.07, 6.45) is 1.63. The molecule has 1 aromatic heterocycles. The Bertz CT molecular complexity index is 710. The minimum Gasteiger partial charge on any atom is -0.468 e. The van der Waals surface area contributed by atoms with Crippen LogP contribution in [0.15, 0.2) is 53.1 Å². The van der Waals surface area contributed by atoms with E-state index in [-0.39, 0.29) is 6.04 Å². The van der Waals surface area contributed by atoms with Gasteiger partial charge in [-0.1, -0.05) is 18.2 Å². The number of piperazine rings is 1. The second kappa shape index (κ2) is 8.53. The van der Waals surface area contributed by atoms with Gasteiger partial charge in [-0.3, -0.25) is 14.5 Å². The molecular weight excluding hydrogens is 332 g/mol. The molecule has 1 unspecified atom stereocenters. The molecule has 7 nitrogen and oxygen atoms in total. The van der Waals surface area contributed by atoms with Gasteiger partial charge in [-0.2, -0.15) is 0 Å². The Morgan fingerprint density at radius 3 is 2.38 bits per heavy atom. The zero-order valence-electron chi connectivity index (χ0n) is 14.9. The van der Waals surface area contributed by atoms with E-state index in [4.69, 9.17) is 4.42 Å². The topological polar surface area (TPSA) is 77.8 Å². The van der Waals surface area contributed by atoms with Crippen LogP contribution in [0, 0.1) is 0 Å². The first kappa shape index (κ1) is 18.0. The van der Waals surface area contributed by atoms with Crippen molar-refractivity contribution in [2.24, 2.45) is 0 Å². The fourth-order valence-electron chi connectivity index (χ4n) is 3.20. The SMILES string of the molecule is CNC(=O)C(=O)NCC(c1ccco1)N1CCN(c2ccccc2)CC1. The quantitative estimate of drug-likeness (QED) is 0.782. The third-order valence-corrected chi connectivity index (χ3v) is 4.64. The summed E-state index contributed by atoms with van der Waals surface area (Å²) in [5.41, 5.74) is 1.22. The molecule has 0 saturated carbocycles. The van der Waals surface area contributed by atoms with Crippen molar-refractivity contribution in [2.45, 2.75) is 6.04 Å². The Hall–Kier alpha value is -2.80. The molecule has 2 amide bonds. The highest BCUT2D eigenvalue weighted by atomic mass is 16.3. The molecule has 1 aromatic carbocycles. The Morgan fingerprint density at radius 2 is 1.77 bits per heavy atom. The highest BCUT2D eigenvalue weighted by Gasteiger charge is 2.28. The summed E-state index contributed by atoms with van der Waals surface area (Å²) in [4.78, 5) is 27.8. The zero-order chi connectivity index (χ0) is 18.4. The molecule has 0 spiro atoms. The molecule has 1 aliphatic heterocycles. The lowest BCUT2D eigenvalue weighted by Gasteiger charge is -2.39. The number of para-hydroxylation sites is 1. The van der Waals surface area contributed by atoms with Gasteiger partial charge in [-0.25, -0.2) is 0 Å². The van der Waals surface area contributed by atoms with Crippen molar-refractivity contribution in [3.05, 3.63) is 54.5 Å². The number of hydrogen-bond acceptors (Lipinski definition) is 5. The summed E-state index contributed by atoms with van der Waals surface area (Å²) in [6.45, 7) is 3.80. The Morgan fingerprint density at radius 1 is 1.04 bits per heavy atom. The molecular formula is C19H24N4O3. The minimum atomic E-state index is -0.642. The lowest BCUT2D eigenvalue weighted by molar-refractivity contribution is -0.139. The average molecular weight is 356 g/mol. The van der Waals surface area contributed by atoms with E-state index in [0.717, 1.165) is 31.9 Å². The minimum absolute atomic E-state index is 0.100. The monoisotopic (exact) mass is 356 g/mol. The first-order valence-electron chi connectivity index (χ1n) is 8.76. The Labute approximate surface area is 153 Å². The average Bonchev–Trinajstić information content (AvgIpc) is 3.23. The Balaban J connectivity index is 1.63. The highest BCUT2D eigenvalue weighted by molar-refractivity contribution is 6.35. The molecule has 2 N–H and O–H groups in total. The van der Waals surface area contributed by atoms with Crippen LogP contribution in [0.1, 0.15) is 11.8 Å². The van der Waals surface area contributed by atoms with E-state index < -0.39 is 11.8 Å². The van der Waals surface area contributed by atoms with Gasteiger partial charge in [0.2, 0.25) is 0 Å². The molecule has 2 heterocycles. The van der Waals surface area contributed by atoms with Gasteiger partial charge in [0.1, 0.15) is 5.76 Å². The van der Waals surface area contributed by atoms with Crippen LogP contribution in [0.4, 0.5) is 5.69 Å². The fraction of sp³-hybridized carbons (Fsp3) is 0.368. The number of nitrogens with one attached hydrogen (secondary N) is 2. The summed E-state index contributed by atoms with van der Waals surface area (Å²) in [7, 11) is 1.44. The zero-order valence-corrected chi connectivity index (χ0v) is 14.9. The smallest absolute Gasteiger partial charge is 0.309 e. The molecule has 1 fully saturated rings. The number of likely N-dealkylation sites (N-methyl/N-ethyl adjacent to an activating group) is 1. The van der Waals surface area contributed by atoms with Gasteiger partial charge in [-0.15, -0.1) is 0 Å². The van der Waals surface area contributed by atoms with Crippen LogP contribution in [0.2, 0.25) is 0 Å². The van der Waals surface area contributed by atoms with Crippen molar-refractivity contribution >= 4 is 17.5 Å². The van der Waals surface area contributed by atoms with Crippen molar-refractivity contribution in [3.8, 4) is 0 Å². The van der Waals surface area contributed by atoms with E-state index in [9.17, 15) is 9.59 Å². The number of furan rings is 1. The summed E-state index contributed by atoms with van der Waals surface area (Å²) < 4.78 is 5.57. The van der Waals surface area contributed by atoms with Crippen molar-refractivity contribution in [1.82, 2.24) is 15.5 Å². The summed E-state index contributed by atoms with van der Waals surface area (Å²) in [5.74, 6) is -0.487. The van der Waals surface area contributed by atoms with Crippen LogP contribution in [-0.4, -0.2) is 56.5 Å². The second-order valence-electron chi connectivity index (χ2n) is 6.18. The maximum atomic E-state index is 11.8. The van der Waals surface area contributed by atoms with Gasteiger partial charge in [0.25, 0.3) is 0 Å². The molecule has 0 bridgehead atoms. The molecule has 1 aliphatic rings. The fourth-order valence-corrected chi connectivity index (χ4v) is 3.20. The van der Waals surface area contributed by atoms with Crippen molar-refractivity contribution in [2.75, 3.05) is 44.7 Å². The number of nitrogens with zero attached hydrogens (tertiary/aromatic N) is 2. The molecule has 1 saturated heterocycles. The van der Waals surface area contributed by atoms with Gasteiger partial charge in [0, 0.05) is 45.5 Å². The van der Waals surface area contributed by atoms with Gasteiger partial charge in [0.05, 0.1) is 12.3 Å². The van der Waals surface area contributed by atoms with E-state index in [2.05, 4.69) is 32.6 Å². The molecule has 26 heavy (non-hydrogen) atoms. The predicted molar refractivity (Wildman–Crippen MR) is 98.8 cm³/mol. The predicted octanol–water partition coefficient (Wildman–Crippen LogP) is 1.01. The van der Waals surface area contributed by atoms with Gasteiger partial charge < -0.3 is 20.0 Å². The van der Waals surface area contributed by atoms with Crippen molar-refractivity contribution in [1.29, 1.82) is 0 Å². The van der Waals surface area contributed by atoms with E-state index in [1.807, 2.05) is 30.3 Å². The summed E-state index contributed by atoms with van der Waals surface area (Å²) in [6, 6.07) is 14.0. The Kier molecular flexibility index (Phi) is 5.91. The van der Waals surface area contributed by atoms with E-state index in [0.29, 0.717) is 6.54 Å². The summed E-state index contributed by atoms with van der Waals surface area (Å²) in [5, 5.41) is 5.03. The first-order valence-corrected chi connectivity index (χ1v) is 8.76. The lowest BCUT2D eigenvalue weighted by atomic mass is 10.1. The van der Waals surface area contributed by atoms with Crippen LogP contribution in [0.25, 0.3) is 0 Å². The number of amides is 2. The molecule has 1 atom stereocenters. The van der Waals surface area contributed by atoms with Crippen LogP contribution in [0.5, 0.6) is 0 Å². The lowest BCUT2D eigenvalue weighted by Crippen LogP contribution is -2.50. The number of hydrogen-bond donors (Lipinski definition) is 2. The maximum absolute atomic E-state index is 11.8. The normalized spacial score (nSPS) is 16.1. The van der Waals surface area contributed by atoms with Crippen LogP contribution in [-0.2, 0) is 9.59 Å². The van der Waals surface area contributed by atoms with Crippen molar-refractivity contribution in [3.63, 3.8) is 0 Å². The first-order chi connectivity index (χ1) is 12.7. The van der Waals surface area contributed by atoms with Crippen LogP contribution in [0.3, 0.4) is 0 Å². The molecule has 3 rings (SSSR count). The standard InChI is InChI=1S/C19H24N4O3/c1-20-18(24)19(25)21-14-16(17-8-5-13-26-17)23-11-9-22(10-12-23)15-6-3-2-4-7-15/h2-8,13,16H,9-12,14H2,1H3,(H,20,24)(H,21,25). The third-order valence-electron chi connectivity index (χ3n) is 4.64.